The first-order valence-corrected chi connectivity index (χ1v) is 7.12. The van der Waals surface area contributed by atoms with E-state index in [4.69, 9.17) is 4.74 Å². The molecule has 0 N–H and O–H groups in total. The predicted molar refractivity (Wildman–Crippen MR) is 83.1 cm³/mol. The number of aromatic nitrogens is 1. The van der Waals surface area contributed by atoms with Crippen molar-refractivity contribution < 1.29 is 9.13 Å². The van der Waals surface area contributed by atoms with Gasteiger partial charge in [0.2, 0.25) is 0 Å². The Morgan fingerprint density at radius 1 is 1.10 bits per heavy atom. The summed E-state index contributed by atoms with van der Waals surface area (Å²) in [7, 11) is 0. The Morgan fingerprint density at radius 2 is 1.86 bits per heavy atom. The van der Waals surface area contributed by atoms with Crippen LogP contribution in [0, 0.1) is 5.82 Å². The lowest BCUT2D eigenvalue weighted by atomic mass is 10.2. The fourth-order valence-corrected chi connectivity index (χ4v) is 2.52. The van der Waals surface area contributed by atoms with Gasteiger partial charge >= 0.3 is 0 Å². The molecule has 21 heavy (non-hydrogen) atoms. The fraction of sp³-hybridized carbons (Fsp3) is 0.222. The van der Waals surface area contributed by atoms with Gasteiger partial charge in [0.1, 0.15) is 18.2 Å². The van der Waals surface area contributed by atoms with Crippen LogP contribution in [0.3, 0.4) is 0 Å². The van der Waals surface area contributed by atoms with Gasteiger partial charge in [0.25, 0.3) is 0 Å². The largest absolute Gasteiger partial charge is 0.489 e. The highest BCUT2D eigenvalue weighted by Gasteiger charge is 2.12. The minimum absolute atomic E-state index is 0.218. The second kappa shape index (κ2) is 5.60. The summed E-state index contributed by atoms with van der Waals surface area (Å²) in [6, 6.07) is 14.9. The second-order valence-electron chi connectivity index (χ2n) is 5.42. The van der Waals surface area contributed by atoms with E-state index >= 15 is 0 Å². The quantitative estimate of drug-likeness (QED) is 0.661. The highest BCUT2D eigenvalue weighted by Crippen LogP contribution is 2.26. The Morgan fingerprint density at radius 3 is 2.57 bits per heavy atom. The molecule has 0 amide bonds. The van der Waals surface area contributed by atoms with Gasteiger partial charge in [-0.25, -0.2) is 4.39 Å². The Labute approximate surface area is 123 Å². The number of benzene rings is 2. The average molecular weight is 283 g/mol. The molecule has 2 aromatic carbocycles. The lowest BCUT2D eigenvalue weighted by molar-refractivity contribution is 0.307. The van der Waals surface area contributed by atoms with E-state index in [0.717, 1.165) is 22.2 Å². The molecule has 2 nitrogen and oxygen atoms in total. The first-order valence-electron chi connectivity index (χ1n) is 7.12. The normalized spacial score (nSPS) is 11.2. The second-order valence-corrected chi connectivity index (χ2v) is 5.42. The fourth-order valence-electron chi connectivity index (χ4n) is 2.52. The minimum atomic E-state index is -0.218. The van der Waals surface area contributed by atoms with Crippen molar-refractivity contribution in [2.24, 2.45) is 0 Å². The lowest BCUT2D eigenvalue weighted by Crippen LogP contribution is -1.98. The summed E-state index contributed by atoms with van der Waals surface area (Å²) in [5.74, 6) is 0.601. The van der Waals surface area contributed by atoms with E-state index in [0.29, 0.717) is 12.6 Å². The molecule has 0 spiro atoms. The van der Waals surface area contributed by atoms with Crippen LogP contribution in [0.25, 0.3) is 10.9 Å². The van der Waals surface area contributed by atoms with E-state index < -0.39 is 0 Å². The van der Waals surface area contributed by atoms with Crippen LogP contribution in [0.5, 0.6) is 5.75 Å². The Kier molecular flexibility index (Phi) is 3.65. The summed E-state index contributed by atoms with van der Waals surface area (Å²) in [5.41, 5.74) is 2.04. The van der Waals surface area contributed by atoms with Gasteiger partial charge in [-0.3, -0.25) is 0 Å². The van der Waals surface area contributed by atoms with E-state index in [2.05, 4.69) is 24.6 Å². The van der Waals surface area contributed by atoms with Gasteiger partial charge in [-0.15, -0.1) is 0 Å². The molecule has 1 heterocycles. The first kappa shape index (κ1) is 13.7. The summed E-state index contributed by atoms with van der Waals surface area (Å²) in [4.78, 5) is 0. The van der Waals surface area contributed by atoms with Crippen LogP contribution < -0.4 is 4.74 Å². The molecular weight excluding hydrogens is 265 g/mol. The zero-order valence-corrected chi connectivity index (χ0v) is 12.2. The number of nitrogens with zero attached hydrogens (tertiary/aromatic N) is 1. The molecule has 0 unspecified atom stereocenters. The highest BCUT2D eigenvalue weighted by atomic mass is 19.1. The van der Waals surface area contributed by atoms with Crippen LogP contribution in [0.15, 0.2) is 54.7 Å². The van der Waals surface area contributed by atoms with Crippen LogP contribution in [0.1, 0.15) is 25.5 Å². The third kappa shape index (κ3) is 2.77. The molecule has 3 rings (SSSR count). The molecule has 0 aliphatic carbocycles. The van der Waals surface area contributed by atoms with Crippen molar-refractivity contribution in [2.45, 2.75) is 26.5 Å². The third-order valence-corrected chi connectivity index (χ3v) is 3.57. The number of hydrogen-bond donors (Lipinski definition) is 0. The summed E-state index contributed by atoms with van der Waals surface area (Å²) < 4.78 is 21.5. The smallest absolute Gasteiger partial charge is 0.123 e. The molecule has 3 heteroatoms. The molecule has 0 atom stereocenters. The maximum absolute atomic E-state index is 13.5. The third-order valence-electron chi connectivity index (χ3n) is 3.57. The van der Waals surface area contributed by atoms with Crippen molar-refractivity contribution in [3.05, 3.63) is 66.1 Å². The zero-order chi connectivity index (χ0) is 14.8. The van der Waals surface area contributed by atoms with E-state index in [9.17, 15) is 4.39 Å². The molecule has 0 radical (unpaired) electrons. The predicted octanol–water partition coefficient (Wildman–Crippen LogP) is 4.94. The van der Waals surface area contributed by atoms with Crippen LogP contribution in [-0.4, -0.2) is 4.57 Å². The van der Waals surface area contributed by atoms with Gasteiger partial charge in [0.15, 0.2) is 0 Å². The zero-order valence-electron chi connectivity index (χ0n) is 12.2. The molecular formula is C18H18FNO. The minimum Gasteiger partial charge on any atom is -0.489 e. The molecule has 0 aliphatic rings. The first-order chi connectivity index (χ1) is 10.1. The van der Waals surface area contributed by atoms with Crippen molar-refractivity contribution in [2.75, 3.05) is 0 Å². The van der Waals surface area contributed by atoms with Crippen LogP contribution >= 0.6 is 0 Å². The van der Waals surface area contributed by atoms with Gasteiger partial charge < -0.3 is 9.30 Å². The Bertz CT molecular complexity index is 747. The van der Waals surface area contributed by atoms with Crippen molar-refractivity contribution >= 4 is 10.9 Å². The van der Waals surface area contributed by atoms with Gasteiger partial charge in [0.05, 0.1) is 0 Å². The Hall–Kier alpha value is -2.29. The van der Waals surface area contributed by atoms with E-state index in [-0.39, 0.29) is 5.82 Å². The van der Waals surface area contributed by atoms with Crippen LogP contribution in [-0.2, 0) is 6.61 Å². The lowest BCUT2D eigenvalue weighted by Gasteiger charge is -2.08. The van der Waals surface area contributed by atoms with Crippen LogP contribution in [0.4, 0.5) is 4.39 Å². The molecule has 0 bridgehead atoms. The topological polar surface area (TPSA) is 14.2 Å². The van der Waals surface area contributed by atoms with E-state index in [1.165, 1.54) is 6.07 Å². The number of rotatable bonds is 4. The highest BCUT2D eigenvalue weighted by molar-refractivity contribution is 5.84. The molecule has 108 valence electrons. The average Bonchev–Trinajstić information content (AvgIpc) is 2.84. The van der Waals surface area contributed by atoms with Gasteiger partial charge in [0, 0.05) is 28.7 Å². The number of hydrogen-bond acceptors (Lipinski definition) is 1. The molecule has 0 saturated carbocycles. The molecule has 0 fully saturated rings. The number of ether oxygens (including phenoxy) is 1. The SMILES string of the molecule is CC(C)n1cc(COc2ccccc2)c2cc(F)ccc21. The van der Waals surface area contributed by atoms with Gasteiger partial charge in [-0.1, -0.05) is 18.2 Å². The van der Waals surface area contributed by atoms with E-state index in [1.54, 1.807) is 6.07 Å². The molecule has 0 aliphatic heterocycles. The summed E-state index contributed by atoms with van der Waals surface area (Å²) in [6.45, 7) is 4.67. The monoisotopic (exact) mass is 283 g/mol. The number of fused-ring (bicyclic) bond motifs is 1. The maximum atomic E-state index is 13.5. The van der Waals surface area contributed by atoms with Crippen LogP contribution in [0.2, 0.25) is 0 Å². The molecule has 3 aromatic rings. The maximum Gasteiger partial charge on any atom is 0.123 e. The summed E-state index contributed by atoms with van der Waals surface area (Å²) >= 11 is 0. The summed E-state index contributed by atoms with van der Waals surface area (Å²) in [5, 5.41) is 0.916. The molecule has 1 aromatic heterocycles. The van der Waals surface area contributed by atoms with Crippen molar-refractivity contribution in [3.63, 3.8) is 0 Å². The Balaban J connectivity index is 1.96. The van der Waals surface area contributed by atoms with Crippen molar-refractivity contribution in [3.8, 4) is 5.75 Å². The van der Waals surface area contributed by atoms with Gasteiger partial charge in [-0.05, 0) is 44.2 Å². The number of halogens is 1. The van der Waals surface area contributed by atoms with Gasteiger partial charge in [-0.2, -0.15) is 0 Å². The standard InChI is InChI=1S/C18H18FNO/c1-13(2)20-11-14(12-21-16-6-4-3-5-7-16)17-10-15(19)8-9-18(17)20/h3-11,13H,12H2,1-2H3. The van der Waals surface area contributed by atoms with Crippen molar-refractivity contribution in [1.82, 2.24) is 4.57 Å². The summed E-state index contributed by atoms with van der Waals surface area (Å²) in [6.07, 6.45) is 2.05. The van der Waals surface area contributed by atoms with E-state index in [1.807, 2.05) is 36.4 Å². The number of para-hydroxylation sites is 1. The van der Waals surface area contributed by atoms with Crippen molar-refractivity contribution in [1.29, 1.82) is 0 Å². The molecule has 0 saturated heterocycles.